The van der Waals surface area contributed by atoms with Gasteiger partial charge in [-0.1, -0.05) is 18.7 Å². The molecule has 4 aromatic rings. The highest BCUT2D eigenvalue weighted by atomic mass is 31.2. The molecule has 0 aliphatic rings. The van der Waals surface area contributed by atoms with Gasteiger partial charge in [-0.15, -0.1) is 0 Å². The molecule has 11 heteroatoms. The van der Waals surface area contributed by atoms with Gasteiger partial charge in [0.25, 0.3) is 0 Å². The lowest BCUT2D eigenvalue weighted by Crippen LogP contribution is -2.25. The first-order valence-electron chi connectivity index (χ1n) is 14.4. The lowest BCUT2D eigenvalue weighted by Gasteiger charge is -2.32. The van der Waals surface area contributed by atoms with Crippen LogP contribution >= 0.6 is 7.82 Å². The zero-order valence-corrected chi connectivity index (χ0v) is 27.8. The van der Waals surface area contributed by atoms with Crippen molar-refractivity contribution in [3.63, 3.8) is 0 Å². The van der Waals surface area contributed by atoms with E-state index in [1.807, 2.05) is 36.5 Å². The number of carbonyl (C=O) groups excluding carboxylic acids is 1. The molecule has 0 fully saturated rings. The van der Waals surface area contributed by atoms with E-state index in [-0.39, 0.29) is 5.91 Å². The summed E-state index contributed by atoms with van der Waals surface area (Å²) in [5.41, 5.74) is 3.02. The molecule has 0 bridgehead atoms. The normalized spacial score (nSPS) is 12.9. The van der Waals surface area contributed by atoms with Crippen LogP contribution in [0, 0.1) is 11.3 Å². The standard InChI is InChI=1S/C34H39N4O6P/c1-10-31(39)37-27-15-25(16-28(18-27)41-9)26-17-29-30(24-13-11-12-23(14-24)19-35)21-38(32(29)36-20-26)22(2)42-45(40,43-33(3,4)5)44-34(6,7)8/h10-18,20-22H,1H2,2-9H3,(H,37,39). The molecule has 1 amide bonds. The highest BCUT2D eigenvalue weighted by molar-refractivity contribution is 7.48. The number of amides is 1. The average molecular weight is 631 g/mol. The number of methoxy groups -OCH3 is 1. The predicted octanol–water partition coefficient (Wildman–Crippen LogP) is 8.65. The Balaban J connectivity index is 1.88. The van der Waals surface area contributed by atoms with E-state index in [9.17, 15) is 14.6 Å². The summed E-state index contributed by atoms with van der Waals surface area (Å²) in [6.45, 7) is 15.9. The molecule has 0 spiro atoms. The Hall–Kier alpha value is -4.26. The average Bonchev–Trinajstić information content (AvgIpc) is 3.34. The lowest BCUT2D eigenvalue weighted by atomic mass is 10.0. The van der Waals surface area contributed by atoms with Crippen LogP contribution in [-0.4, -0.2) is 33.8 Å². The smallest absolute Gasteiger partial charge is 0.477 e. The van der Waals surface area contributed by atoms with Crippen molar-refractivity contribution < 1.29 is 27.7 Å². The number of phosphoric acid groups is 1. The second-order valence-corrected chi connectivity index (χ2v) is 13.9. The molecule has 0 radical (unpaired) electrons. The Morgan fingerprint density at radius 3 is 2.33 bits per heavy atom. The van der Waals surface area contributed by atoms with Crippen molar-refractivity contribution in [2.45, 2.75) is 65.9 Å². The van der Waals surface area contributed by atoms with E-state index < -0.39 is 25.3 Å². The van der Waals surface area contributed by atoms with Crippen molar-refractivity contribution in [3.8, 4) is 34.1 Å². The van der Waals surface area contributed by atoms with E-state index >= 15 is 0 Å². The number of fused-ring (bicyclic) bond motifs is 1. The first kappa shape index (κ1) is 33.6. The number of aromatic nitrogens is 2. The van der Waals surface area contributed by atoms with Gasteiger partial charge in [-0.3, -0.25) is 18.4 Å². The Bertz CT molecular complexity index is 1810. The van der Waals surface area contributed by atoms with Crippen molar-refractivity contribution in [1.82, 2.24) is 9.55 Å². The summed E-state index contributed by atoms with van der Waals surface area (Å²) < 4.78 is 39.1. The van der Waals surface area contributed by atoms with Crippen LogP contribution in [0.1, 0.15) is 60.3 Å². The number of nitrogens with zero attached hydrogens (tertiary/aromatic N) is 3. The molecule has 45 heavy (non-hydrogen) atoms. The number of rotatable bonds is 10. The SMILES string of the molecule is C=CC(=O)Nc1cc(OC)cc(-c2cnc3c(c2)c(-c2cccc(C#N)c2)cn3C(C)OP(=O)(OC(C)(C)C)OC(C)(C)C)c1. The van der Waals surface area contributed by atoms with Crippen LogP contribution in [0.2, 0.25) is 0 Å². The first-order chi connectivity index (χ1) is 21.0. The quantitative estimate of drug-likeness (QED) is 0.136. The molecular weight excluding hydrogens is 591 g/mol. The highest BCUT2D eigenvalue weighted by Crippen LogP contribution is 2.57. The Morgan fingerprint density at radius 2 is 1.73 bits per heavy atom. The van der Waals surface area contributed by atoms with Crippen molar-refractivity contribution in [1.29, 1.82) is 5.26 Å². The summed E-state index contributed by atoms with van der Waals surface area (Å²) in [6.07, 6.45) is 3.92. The summed E-state index contributed by atoms with van der Waals surface area (Å²) in [5, 5.41) is 13.1. The Kier molecular flexibility index (Phi) is 9.71. The van der Waals surface area contributed by atoms with E-state index in [0.29, 0.717) is 22.6 Å². The van der Waals surface area contributed by atoms with Crippen LogP contribution in [0.4, 0.5) is 5.69 Å². The zero-order valence-electron chi connectivity index (χ0n) is 26.9. The summed E-state index contributed by atoms with van der Waals surface area (Å²) >= 11 is 0. The number of carbonyl (C=O) groups is 1. The summed E-state index contributed by atoms with van der Waals surface area (Å²) in [4.78, 5) is 16.8. The Labute approximate surface area is 264 Å². The van der Waals surface area contributed by atoms with Crippen molar-refractivity contribution in [2.24, 2.45) is 0 Å². The summed E-state index contributed by atoms with van der Waals surface area (Å²) in [7, 11) is -2.52. The van der Waals surface area contributed by atoms with E-state index in [2.05, 4.69) is 18.0 Å². The monoisotopic (exact) mass is 630 g/mol. The molecule has 0 aliphatic heterocycles. The number of hydrogen-bond donors (Lipinski definition) is 1. The fraction of sp³-hybridized carbons (Fsp3) is 0.324. The van der Waals surface area contributed by atoms with Crippen LogP contribution in [0.5, 0.6) is 5.75 Å². The molecule has 2 aromatic carbocycles. The van der Waals surface area contributed by atoms with E-state index in [1.165, 1.54) is 6.08 Å². The highest BCUT2D eigenvalue weighted by Gasteiger charge is 2.39. The van der Waals surface area contributed by atoms with Gasteiger partial charge in [0.15, 0.2) is 0 Å². The molecule has 236 valence electrons. The lowest BCUT2D eigenvalue weighted by molar-refractivity contribution is -0.111. The van der Waals surface area contributed by atoms with Crippen LogP contribution in [-0.2, 0) is 22.9 Å². The van der Waals surface area contributed by atoms with E-state index in [0.717, 1.165) is 27.6 Å². The fourth-order valence-corrected chi connectivity index (χ4v) is 6.61. The molecular formula is C34H39N4O6P. The minimum absolute atomic E-state index is 0.350. The molecule has 0 saturated carbocycles. The maximum Gasteiger partial charge on any atom is 0.477 e. The van der Waals surface area contributed by atoms with Crippen molar-refractivity contribution >= 4 is 30.5 Å². The van der Waals surface area contributed by atoms with E-state index in [1.54, 1.807) is 84.5 Å². The van der Waals surface area contributed by atoms with Crippen molar-refractivity contribution in [2.75, 3.05) is 12.4 Å². The van der Waals surface area contributed by atoms with Gasteiger partial charge in [0.05, 0.1) is 29.9 Å². The summed E-state index contributed by atoms with van der Waals surface area (Å²) in [5.74, 6) is 0.193. The van der Waals surface area contributed by atoms with Gasteiger partial charge < -0.3 is 14.6 Å². The van der Waals surface area contributed by atoms with Gasteiger partial charge in [-0.05, 0) is 96.0 Å². The third kappa shape index (κ3) is 8.47. The zero-order chi connectivity index (χ0) is 33.2. The van der Waals surface area contributed by atoms with Crippen LogP contribution in [0.25, 0.3) is 33.3 Å². The van der Waals surface area contributed by atoms with Crippen LogP contribution in [0.15, 0.2) is 73.6 Å². The number of nitriles is 1. The van der Waals surface area contributed by atoms with Gasteiger partial charge in [0, 0.05) is 40.7 Å². The predicted molar refractivity (Wildman–Crippen MR) is 176 cm³/mol. The minimum atomic E-state index is -4.07. The van der Waals surface area contributed by atoms with Gasteiger partial charge in [-0.2, -0.15) is 5.26 Å². The maximum absolute atomic E-state index is 14.0. The van der Waals surface area contributed by atoms with E-state index in [4.69, 9.17) is 23.3 Å². The molecule has 2 aromatic heterocycles. The van der Waals surface area contributed by atoms with Gasteiger partial charge in [-0.25, -0.2) is 9.55 Å². The second-order valence-electron chi connectivity index (χ2n) is 12.4. The molecule has 10 nitrogen and oxygen atoms in total. The largest absolute Gasteiger partial charge is 0.497 e. The molecule has 2 heterocycles. The topological polar surface area (TPSA) is 125 Å². The number of benzene rings is 2. The number of nitrogens with one attached hydrogen (secondary N) is 1. The molecule has 0 aliphatic carbocycles. The number of hydrogen-bond acceptors (Lipinski definition) is 8. The Morgan fingerprint density at radius 1 is 1.04 bits per heavy atom. The minimum Gasteiger partial charge on any atom is -0.497 e. The third-order valence-electron chi connectivity index (χ3n) is 6.35. The van der Waals surface area contributed by atoms with Gasteiger partial charge >= 0.3 is 7.82 Å². The first-order valence-corrected chi connectivity index (χ1v) is 15.8. The maximum atomic E-state index is 14.0. The number of anilines is 1. The van der Waals surface area contributed by atoms with Gasteiger partial charge in [0.1, 0.15) is 17.6 Å². The molecule has 0 saturated heterocycles. The third-order valence-corrected chi connectivity index (χ3v) is 8.45. The molecule has 1 atom stereocenters. The molecule has 1 N–H and O–H groups in total. The molecule has 1 unspecified atom stereocenters. The van der Waals surface area contributed by atoms with Crippen LogP contribution in [0.3, 0.4) is 0 Å². The van der Waals surface area contributed by atoms with Crippen molar-refractivity contribution in [3.05, 3.63) is 79.1 Å². The fourth-order valence-electron chi connectivity index (χ4n) is 4.67. The second kappa shape index (κ2) is 13.0. The number of pyridine rings is 1. The summed E-state index contributed by atoms with van der Waals surface area (Å²) in [6, 6.07) is 16.8. The number of ether oxygens (including phenoxy) is 1. The van der Waals surface area contributed by atoms with Crippen LogP contribution < -0.4 is 10.1 Å². The van der Waals surface area contributed by atoms with Gasteiger partial charge in [0.2, 0.25) is 5.91 Å². The molecule has 4 rings (SSSR count). The number of phosphoric ester groups is 1.